The van der Waals surface area contributed by atoms with Gasteiger partial charge in [-0.2, -0.15) is 0 Å². The average Bonchev–Trinajstić information content (AvgIpc) is 2.69. The summed E-state index contributed by atoms with van der Waals surface area (Å²) in [5, 5.41) is 4.09. The molecule has 0 amide bonds. The first-order valence-electron chi connectivity index (χ1n) is 8.95. The first-order valence-corrected chi connectivity index (χ1v) is 9.33. The van der Waals surface area contributed by atoms with E-state index in [1.807, 2.05) is 36.4 Å². The van der Waals surface area contributed by atoms with Crippen LogP contribution in [-0.2, 0) is 19.7 Å². The van der Waals surface area contributed by atoms with Crippen LogP contribution in [0.3, 0.4) is 0 Å². The summed E-state index contributed by atoms with van der Waals surface area (Å²) >= 11 is 6.27. The van der Waals surface area contributed by atoms with Gasteiger partial charge in [0, 0.05) is 29.7 Å². The van der Waals surface area contributed by atoms with Crippen molar-refractivity contribution in [1.82, 2.24) is 5.32 Å². The Kier molecular flexibility index (Phi) is 6.74. The molecule has 0 aromatic heterocycles. The second kappa shape index (κ2) is 9.45. The van der Waals surface area contributed by atoms with Crippen LogP contribution in [0.2, 0.25) is 5.02 Å². The zero-order valence-electron chi connectivity index (χ0n) is 15.7. The number of methoxy groups -OCH3 is 1. The molecule has 0 fully saturated rings. The lowest BCUT2D eigenvalue weighted by Gasteiger charge is -2.16. The third-order valence-corrected chi connectivity index (χ3v) is 4.53. The number of benzene rings is 3. The predicted octanol–water partition coefficient (Wildman–Crippen LogP) is 5.53. The summed E-state index contributed by atoms with van der Waals surface area (Å²) in [5.74, 6) is 1.37. The number of halogens is 1. The molecule has 0 unspecified atom stereocenters. The molecule has 3 rings (SSSR count). The number of hydrogen-bond donors (Lipinski definition) is 1. The molecule has 140 valence electrons. The van der Waals surface area contributed by atoms with Crippen LogP contribution in [-0.4, -0.2) is 7.11 Å². The molecule has 0 saturated carbocycles. The highest BCUT2D eigenvalue weighted by Crippen LogP contribution is 2.35. The van der Waals surface area contributed by atoms with Crippen molar-refractivity contribution < 1.29 is 9.47 Å². The van der Waals surface area contributed by atoms with Gasteiger partial charge in [0.1, 0.15) is 6.61 Å². The summed E-state index contributed by atoms with van der Waals surface area (Å²) in [5.41, 5.74) is 4.58. The fourth-order valence-electron chi connectivity index (χ4n) is 2.85. The van der Waals surface area contributed by atoms with Crippen LogP contribution in [0.1, 0.15) is 22.3 Å². The molecule has 3 aromatic carbocycles. The van der Waals surface area contributed by atoms with E-state index in [0.717, 1.165) is 23.4 Å². The highest BCUT2D eigenvalue weighted by molar-refractivity contribution is 6.30. The minimum Gasteiger partial charge on any atom is -0.493 e. The second-order valence-corrected chi connectivity index (χ2v) is 6.90. The molecule has 0 aliphatic rings. The Labute approximate surface area is 165 Å². The zero-order chi connectivity index (χ0) is 19.1. The highest BCUT2D eigenvalue weighted by atomic mass is 35.5. The molecule has 0 heterocycles. The highest BCUT2D eigenvalue weighted by Gasteiger charge is 2.13. The Hall–Kier alpha value is -2.49. The van der Waals surface area contributed by atoms with Crippen molar-refractivity contribution in [3.63, 3.8) is 0 Å². The fourth-order valence-corrected chi connectivity index (χ4v) is 3.08. The van der Waals surface area contributed by atoms with E-state index in [9.17, 15) is 0 Å². The molecule has 0 bridgehead atoms. The molecular formula is C23H24ClNO2. The van der Waals surface area contributed by atoms with Gasteiger partial charge >= 0.3 is 0 Å². The number of nitrogens with one attached hydrogen (secondary N) is 1. The predicted molar refractivity (Wildman–Crippen MR) is 111 cm³/mol. The van der Waals surface area contributed by atoms with E-state index in [1.165, 1.54) is 11.1 Å². The van der Waals surface area contributed by atoms with E-state index in [1.54, 1.807) is 13.2 Å². The van der Waals surface area contributed by atoms with Gasteiger partial charge in [0.05, 0.1) is 7.11 Å². The van der Waals surface area contributed by atoms with Gasteiger partial charge in [-0.3, -0.25) is 0 Å². The van der Waals surface area contributed by atoms with E-state index in [0.29, 0.717) is 23.9 Å². The molecule has 27 heavy (non-hydrogen) atoms. The molecule has 0 saturated heterocycles. The summed E-state index contributed by atoms with van der Waals surface area (Å²) in [6.45, 7) is 3.97. The second-order valence-electron chi connectivity index (χ2n) is 6.46. The first-order chi connectivity index (χ1) is 13.2. The molecule has 3 nitrogen and oxygen atoms in total. The molecule has 0 spiro atoms. The smallest absolute Gasteiger partial charge is 0.166 e. The maximum atomic E-state index is 6.27. The quantitative estimate of drug-likeness (QED) is 0.556. The van der Waals surface area contributed by atoms with E-state index in [2.05, 4.69) is 36.5 Å². The van der Waals surface area contributed by atoms with Crippen LogP contribution in [0.5, 0.6) is 11.5 Å². The van der Waals surface area contributed by atoms with E-state index < -0.39 is 0 Å². The van der Waals surface area contributed by atoms with Crippen molar-refractivity contribution in [2.24, 2.45) is 0 Å². The van der Waals surface area contributed by atoms with Gasteiger partial charge in [0.2, 0.25) is 0 Å². The SMILES string of the molecule is COc1cc(Cl)cc(CNCc2ccc(C)cc2)c1OCc1ccccc1. The van der Waals surface area contributed by atoms with Gasteiger partial charge in [0.25, 0.3) is 0 Å². The van der Waals surface area contributed by atoms with E-state index in [-0.39, 0.29) is 0 Å². The van der Waals surface area contributed by atoms with Gasteiger partial charge in [-0.05, 0) is 24.1 Å². The van der Waals surface area contributed by atoms with E-state index >= 15 is 0 Å². The molecule has 1 N–H and O–H groups in total. The van der Waals surface area contributed by atoms with Crippen LogP contribution in [0.4, 0.5) is 0 Å². The molecular weight excluding hydrogens is 358 g/mol. The monoisotopic (exact) mass is 381 g/mol. The minimum absolute atomic E-state index is 0.476. The molecule has 0 atom stereocenters. The summed E-state index contributed by atoms with van der Waals surface area (Å²) in [6, 6.07) is 22.3. The summed E-state index contributed by atoms with van der Waals surface area (Å²) in [4.78, 5) is 0. The van der Waals surface area contributed by atoms with Crippen molar-refractivity contribution in [2.45, 2.75) is 26.6 Å². The Balaban J connectivity index is 1.72. The van der Waals surface area contributed by atoms with Crippen LogP contribution in [0.15, 0.2) is 66.7 Å². The minimum atomic E-state index is 0.476. The van der Waals surface area contributed by atoms with Crippen LogP contribution < -0.4 is 14.8 Å². The summed E-state index contributed by atoms with van der Waals surface area (Å²) in [6.07, 6.45) is 0. The zero-order valence-corrected chi connectivity index (χ0v) is 16.4. The maximum absolute atomic E-state index is 6.27. The Morgan fingerprint density at radius 1 is 0.889 bits per heavy atom. The average molecular weight is 382 g/mol. The van der Waals surface area contributed by atoms with Gasteiger partial charge in [-0.1, -0.05) is 71.8 Å². The lowest BCUT2D eigenvalue weighted by atomic mass is 10.1. The van der Waals surface area contributed by atoms with Crippen molar-refractivity contribution in [3.05, 3.63) is 94.0 Å². The number of aryl methyl sites for hydroxylation is 1. The summed E-state index contributed by atoms with van der Waals surface area (Å²) in [7, 11) is 1.63. The Morgan fingerprint density at radius 2 is 1.63 bits per heavy atom. The van der Waals surface area contributed by atoms with Gasteiger partial charge in [-0.15, -0.1) is 0 Å². The molecule has 0 radical (unpaired) electrons. The van der Waals surface area contributed by atoms with Crippen molar-refractivity contribution in [2.75, 3.05) is 7.11 Å². The third-order valence-electron chi connectivity index (χ3n) is 4.31. The van der Waals surface area contributed by atoms with Crippen LogP contribution in [0, 0.1) is 6.92 Å². The van der Waals surface area contributed by atoms with Crippen molar-refractivity contribution >= 4 is 11.6 Å². The molecule has 0 aliphatic heterocycles. The van der Waals surface area contributed by atoms with Crippen molar-refractivity contribution in [3.8, 4) is 11.5 Å². The largest absolute Gasteiger partial charge is 0.493 e. The fraction of sp³-hybridized carbons (Fsp3) is 0.217. The summed E-state index contributed by atoms with van der Waals surface area (Å²) < 4.78 is 11.6. The van der Waals surface area contributed by atoms with Gasteiger partial charge in [-0.25, -0.2) is 0 Å². The number of rotatable bonds is 8. The first kappa shape index (κ1) is 19.3. The number of ether oxygens (including phenoxy) is 2. The molecule has 4 heteroatoms. The molecule has 3 aromatic rings. The standard InChI is InChI=1S/C23H24ClNO2/c1-17-8-10-18(11-9-17)14-25-15-20-12-21(24)13-22(26-2)23(20)27-16-19-6-4-3-5-7-19/h3-13,25H,14-16H2,1-2H3. The van der Waals surface area contributed by atoms with Gasteiger partial charge in [0.15, 0.2) is 11.5 Å². The Morgan fingerprint density at radius 3 is 2.33 bits per heavy atom. The lowest BCUT2D eigenvalue weighted by molar-refractivity contribution is 0.280. The van der Waals surface area contributed by atoms with Gasteiger partial charge < -0.3 is 14.8 Å². The third kappa shape index (κ3) is 5.49. The number of hydrogen-bond acceptors (Lipinski definition) is 3. The maximum Gasteiger partial charge on any atom is 0.166 e. The van der Waals surface area contributed by atoms with E-state index in [4.69, 9.17) is 21.1 Å². The van der Waals surface area contributed by atoms with Crippen LogP contribution in [0.25, 0.3) is 0 Å². The molecule has 0 aliphatic carbocycles. The topological polar surface area (TPSA) is 30.5 Å². The van der Waals surface area contributed by atoms with Crippen LogP contribution >= 0.6 is 11.6 Å². The lowest BCUT2D eigenvalue weighted by Crippen LogP contribution is -2.14. The Bertz CT molecular complexity index is 864. The normalized spacial score (nSPS) is 10.6. The van der Waals surface area contributed by atoms with Crippen molar-refractivity contribution in [1.29, 1.82) is 0 Å².